The molecule has 6 heteroatoms. The largest absolute Gasteiger partial charge is 0.469 e. The first-order chi connectivity index (χ1) is 10.6. The predicted molar refractivity (Wildman–Crippen MR) is 79.7 cm³/mol. The zero-order chi connectivity index (χ0) is 15.7. The van der Waals surface area contributed by atoms with E-state index in [0.29, 0.717) is 5.69 Å². The quantitative estimate of drug-likeness (QED) is 0.876. The van der Waals surface area contributed by atoms with Gasteiger partial charge in [0.15, 0.2) is 5.54 Å². The third kappa shape index (κ3) is 1.95. The van der Waals surface area contributed by atoms with Crippen molar-refractivity contribution in [3.8, 4) is 5.69 Å². The van der Waals surface area contributed by atoms with E-state index in [4.69, 9.17) is 9.47 Å². The Hall–Kier alpha value is -2.76. The van der Waals surface area contributed by atoms with Crippen LogP contribution in [0.4, 0.5) is 5.69 Å². The molecule has 114 valence electrons. The second kappa shape index (κ2) is 5.22. The number of hydrogen-bond acceptors (Lipinski definition) is 5. The molecule has 3 rings (SSSR count). The normalized spacial score (nSPS) is 18.6. The summed E-state index contributed by atoms with van der Waals surface area (Å²) in [6, 6.07) is 11.2. The molecule has 0 fully saturated rings. The van der Waals surface area contributed by atoms with Crippen LogP contribution in [0.2, 0.25) is 0 Å². The number of rotatable bonds is 3. The number of benzene rings is 1. The van der Waals surface area contributed by atoms with Gasteiger partial charge in [-0.15, -0.1) is 0 Å². The summed E-state index contributed by atoms with van der Waals surface area (Å²) in [6.45, 7) is 0. The van der Waals surface area contributed by atoms with Gasteiger partial charge < -0.3 is 19.4 Å². The molecule has 2 aromatic rings. The van der Waals surface area contributed by atoms with Crippen LogP contribution in [-0.2, 0) is 24.6 Å². The van der Waals surface area contributed by atoms with Gasteiger partial charge in [0.2, 0.25) is 0 Å². The first-order valence-corrected chi connectivity index (χ1v) is 6.83. The smallest absolute Gasteiger partial charge is 0.338 e. The number of ether oxygens (including phenoxy) is 2. The summed E-state index contributed by atoms with van der Waals surface area (Å²) in [7, 11) is 2.60. The highest BCUT2D eigenvalue weighted by Gasteiger charge is 2.48. The number of nitrogens with one attached hydrogen (secondary N) is 1. The van der Waals surface area contributed by atoms with Crippen molar-refractivity contribution in [1.82, 2.24) is 4.57 Å². The number of methoxy groups -OCH3 is 2. The lowest BCUT2D eigenvalue weighted by Gasteiger charge is -2.37. The highest BCUT2D eigenvalue weighted by atomic mass is 16.5. The number of esters is 2. The van der Waals surface area contributed by atoms with Crippen molar-refractivity contribution in [3.63, 3.8) is 0 Å². The van der Waals surface area contributed by atoms with Crippen LogP contribution in [-0.4, -0.2) is 30.7 Å². The number of aromatic nitrogens is 1. The third-order valence-corrected chi connectivity index (χ3v) is 3.87. The van der Waals surface area contributed by atoms with Crippen molar-refractivity contribution in [2.45, 2.75) is 12.0 Å². The monoisotopic (exact) mass is 300 g/mol. The third-order valence-electron chi connectivity index (χ3n) is 3.87. The van der Waals surface area contributed by atoms with Crippen LogP contribution in [0.5, 0.6) is 0 Å². The van der Waals surface area contributed by atoms with Crippen LogP contribution < -0.4 is 5.32 Å². The summed E-state index contributed by atoms with van der Waals surface area (Å²) >= 11 is 0. The number of hydrogen-bond donors (Lipinski definition) is 1. The molecule has 0 bridgehead atoms. The zero-order valence-corrected chi connectivity index (χ0v) is 12.3. The molecule has 0 saturated carbocycles. The summed E-state index contributed by atoms with van der Waals surface area (Å²) in [5.41, 5.74) is 0.996. The Morgan fingerprint density at radius 3 is 2.64 bits per heavy atom. The molecule has 0 aliphatic carbocycles. The Morgan fingerprint density at radius 2 is 1.91 bits per heavy atom. The summed E-state index contributed by atoms with van der Waals surface area (Å²) in [4.78, 5) is 24.4. The van der Waals surface area contributed by atoms with E-state index < -0.39 is 17.5 Å². The summed E-state index contributed by atoms with van der Waals surface area (Å²) in [5, 5.41) is 3.17. The van der Waals surface area contributed by atoms with Crippen LogP contribution in [0.15, 0.2) is 42.6 Å². The minimum Gasteiger partial charge on any atom is -0.469 e. The van der Waals surface area contributed by atoms with Gasteiger partial charge in [-0.3, -0.25) is 4.79 Å². The summed E-state index contributed by atoms with van der Waals surface area (Å²) in [5.74, 6) is -1.03. The van der Waals surface area contributed by atoms with E-state index in [1.165, 1.54) is 14.2 Å². The van der Waals surface area contributed by atoms with Gasteiger partial charge in [0.1, 0.15) is 0 Å². The van der Waals surface area contributed by atoms with Gasteiger partial charge in [-0.2, -0.15) is 0 Å². The number of fused-ring (bicyclic) bond motifs is 3. The summed E-state index contributed by atoms with van der Waals surface area (Å²) < 4.78 is 11.6. The Kier molecular flexibility index (Phi) is 3.36. The average Bonchev–Trinajstić information content (AvgIpc) is 3.04. The van der Waals surface area contributed by atoms with Gasteiger partial charge in [-0.25, -0.2) is 4.79 Å². The molecule has 1 aromatic carbocycles. The predicted octanol–water partition coefficient (Wildman–Crippen LogP) is 1.83. The maximum atomic E-state index is 12.5. The Balaban J connectivity index is 2.20. The maximum absolute atomic E-state index is 12.5. The number of carbonyl (C=O) groups is 2. The van der Waals surface area contributed by atoms with E-state index in [-0.39, 0.29) is 6.42 Å². The lowest BCUT2D eigenvalue weighted by atomic mass is 9.88. The number of carbonyl (C=O) groups excluding carboxylic acids is 2. The second-order valence-corrected chi connectivity index (χ2v) is 5.06. The molecule has 0 spiro atoms. The fraction of sp³-hybridized carbons (Fsp3) is 0.250. The zero-order valence-electron chi connectivity index (χ0n) is 12.3. The van der Waals surface area contributed by atoms with Gasteiger partial charge in [0, 0.05) is 6.20 Å². The van der Waals surface area contributed by atoms with E-state index >= 15 is 0 Å². The minimum absolute atomic E-state index is 0.158. The SMILES string of the molecule is COC(=O)CC1(C(=O)OC)Nc2ccccc2-n2cccc21. The van der Waals surface area contributed by atoms with Crippen LogP contribution in [0, 0.1) is 0 Å². The van der Waals surface area contributed by atoms with E-state index in [1.807, 2.05) is 41.1 Å². The second-order valence-electron chi connectivity index (χ2n) is 5.06. The number of para-hydroxylation sites is 2. The van der Waals surface area contributed by atoms with Gasteiger partial charge in [0.25, 0.3) is 0 Å². The average molecular weight is 300 g/mol. The Morgan fingerprint density at radius 1 is 1.14 bits per heavy atom. The van der Waals surface area contributed by atoms with Crippen molar-refractivity contribution < 1.29 is 19.1 Å². The van der Waals surface area contributed by atoms with E-state index in [0.717, 1.165) is 11.4 Å². The molecule has 0 radical (unpaired) electrons. The van der Waals surface area contributed by atoms with Crippen molar-refractivity contribution in [2.75, 3.05) is 19.5 Å². The minimum atomic E-state index is -1.31. The standard InChI is InChI=1S/C16H16N2O4/c1-21-14(19)10-16(15(20)22-2)13-8-5-9-18(13)12-7-4-3-6-11(12)17-16/h3-9,17H,10H2,1-2H3. The van der Waals surface area contributed by atoms with E-state index in [1.54, 1.807) is 6.07 Å². The molecule has 1 aliphatic heterocycles. The highest BCUT2D eigenvalue weighted by Crippen LogP contribution is 2.40. The summed E-state index contributed by atoms with van der Waals surface area (Å²) in [6.07, 6.45) is 1.69. The first-order valence-electron chi connectivity index (χ1n) is 6.83. The van der Waals surface area contributed by atoms with Crippen molar-refractivity contribution in [2.24, 2.45) is 0 Å². The molecule has 22 heavy (non-hydrogen) atoms. The molecule has 1 atom stereocenters. The van der Waals surface area contributed by atoms with Crippen molar-refractivity contribution in [3.05, 3.63) is 48.3 Å². The fourth-order valence-corrected chi connectivity index (χ4v) is 2.85. The topological polar surface area (TPSA) is 69.6 Å². The van der Waals surface area contributed by atoms with Crippen molar-refractivity contribution in [1.29, 1.82) is 0 Å². The lowest BCUT2D eigenvalue weighted by molar-refractivity contribution is -0.153. The number of anilines is 1. The molecule has 1 N–H and O–H groups in total. The fourth-order valence-electron chi connectivity index (χ4n) is 2.85. The van der Waals surface area contributed by atoms with Crippen LogP contribution in [0.1, 0.15) is 12.1 Å². The molecule has 0 saturated heterocycles. The Labute approximate surface area is 127 Å². The maximum Gasteiger partial charge on any atom is 0.338 e. The van der Waals surface area contributed by atoms with E-state index in [2.05, 4.69) is 5.32 Å². The molecule has 6 nitrogen and oxygen atoms in total. The Bertz CT molecular complexity index is 737. The van der Waals surface area contributed by atoms with Crippen LogP contribution in [0.25, 0.3) is 5.69 Å². The molecule has 1 aromatic heterocycles. The van der Waals surface area contributed by atoms with Gasteiger partial charge >= 0.3 is 11.9 Å². The van der Waals surface area contributed by atoms with Gasteiger partial charge in [-0.05, 0) is 24.3 Å². The van der Waals surface area contributed by atoms with Gasteiger partial charge in [0.05, 0.1) is 37.7 Å². The molecule has 0 amide bonds. The first kappa shape index (κ1) is 14.2. The highest BCUT2D eigenvalue weighted by molar-refractivity contribution is 5.93. The van der Waals surface area contributed by atoms with Crippen molar-refractivity contribution >= 4 is 17.6 Å². The van der Waals surface area contributed by atoms with Crippen LogP contribution in [0.3, 0.4) is 0 Å². The molecule has 2 heterocycles. The molecular weight excluding hydrogens is 284 g/mol. The molecule has 1 unspecified atom stereocenters. The van der Waals surface area contributed by atoms with E-state index in [9.17, 15) is 9.59 Å². The lowest BCUT2D eigenvalue weighted by Crippen LogP contribution is -2.49. The van der Waals surface area contributed by atoms with Gasteiger partial charge in [-0.1, -0.05) is 12.1 Å². The van der Waals surface area contributed by atoms with Crippen LogP contribution >= 0.6 is 0 Å². The number of nitrogens with zero attached hydrogens (tertiary/aromatic N) is 1. The molecule has 1 aliphatic rings. The molecular formula is C16H16N2O4.